The minimum absolute atomic E-state index is 0.0850. The predicted octanol–water partition coefficient (Wildman–Crippen LogP) is 2.40. The van der Waals surface area contributed by atoms with Gasteiger partial charge in [0.15, 0.2) is 0 Å². The van der Waals surface area contributed by atoms with Crippen molar-refractivity contribution < 1.29 is 14.6 Å². The van der Waals surface area contributed by atoms with Crippen molar-refractivity contribution in [3.8, 4) is 0 Å². The average Bonchev–Trinajstić information content (AvgIpc) is 2.45. The SMILES string of the molecule is CCOCCOCC(O)CN[C@H](C)c1ccccc1Cl. The maximum atomic E-state index is 9.81. The molecule has 0 aliphatic heterocycles. The summed E-state index contributed by atoms with van der Waals surface area (Å²) in [6.07, 6.45) is -0.540. The van der Waals surface area contributed by atoms with Crippen LogP contribution in [0.1, 0.15) is 25.5 Å². The van der Waals surface area contributed by atoms with Gasteiger partial charge in [-0.1, -0.05) is 29.8 Å². The average molecular weight is 302 g/mol. The molecule has 0 aliphatic carbocycles. The van der Waals surface area contributed by atoms with E-state index < -0.39 is 6.10 Å². The molecule has 0 saturated carbocycles. The van der Waals surface area contributed by atoms with Crippen LogP contribution in [0.15, 0.2) is 24.3 Å². The molecular formula is C15H24ClNO3. The van der Waals surface area contributed by atoms with E-state index in [1.165, 1.54) is 0 Å². The predicted molar refractivity (Wildman–Crippen MR) is 81.2 cm³/mol. The molecule has 0 amide bonds. The Bertz CT molecular complexity index is 376. The van der Waals surface area contributed by atoms with Crippen molar-refractivity contribution in [1.82, 2.24) is 5.32 Å². The molecule has 0 aromatic heterocycles. The van der Waals surface area contributed by atoms with Crippen LogP contribution < -0.4 is 5.32 Å². The van der Waals surface area contributed by atoms with Gasteiger partial charge in [0.25, 0.3) is 0 Å². The summed E-state index contributed by atoms with van der Waals surface area (Å²) in [6.45, 7) is 6.47. The van der Waals surface area contributed by atoms with Crippen molar-refractivity contribution in [1.29, 1.82) is 0 Å². The van der Waals surface area contributed by atoms with Gasteiger partial charge < -0.3 is 19.9 Å². The van der Waals surface area contributed by atoms with Crippen LogP contribution in [-0.2, 0) is 9.47 Å². The fraction of sp³-hybridized carbons (Fsp3) is 0.600. The Morgan fingerprint density at radius 2 is 1.95 bits per heavy atom. The Hall–Kier alpha value is -0.650. The second-order valence-corrected chi connectivity index (χ2v) is 4.98. The van der Waals surface area contributed by atoms with Crippen molar-refractivity contribution in [2.24, 2.45) is 0 Å². The van der Waals surface area contributed by atoms with Gasteiger partial charge in [0.1, 0.15) is 0 Å². The molecule has 0 bridgehead atoms. The highest BCUT2D eigenvalue weighted by Gasteiger charge is 2.11. The topological polar surface area (TPSA) is 50.7 Å². The van der Waals surface area contributed by atoms with Gasteiger partial charge in [0, 0.05) is 24.2 Å². The third-order valence-electron chi connectivity index (χ3n) is 2.92. The largest absolute Gasteiger partial charge is 0.389 e. The number of nitrogens with one attached hydrogen (secondary N) is 1. The molecule has 0 radical (unpaired) electrons. The minimum Gasteiger partial charge on any atom is -0.389 e. The number of benzene rings is 1. The molecule has 1 aromatic carbocycles. The lowest BCUT2D eigenvalue weighted by Crippen LogP contribution is -2.32. The highest BCUT2D eigenvalue weighted by Crippen LogP contribution is 2.21. The van der Waals surface area contributed by atoms with Crippen LogP contribution in [0, 0.1) is 0 Å². The first-order chi connectivity index (χ1) is 9.65. The third kappa shape index (κ3) is 6.68. The quantitative estimate of drug-likeness (QED) is 0.652. The summed E-state index contributed by atoms with van der Waals surface area (Å²) >= 11 is 6.13. The zero-order valence-electron chi connectivity index (χ0n) is 12.1. The number of hydrogen-bond donors (Lipinski definition) is 2. The molecule has 1 rings (SSSR count). The van der Waals surface area contributed by atoms with Crippen LogP contribution in [-0.4, -0.2) is 44.2 Å². The molecule has 1 aromatic rings. The monoisotopic (exact) mass is 301 g/mol. The summed E-state index contributed by atoms with van der Waals surface area (Å²) in [5.41, 5.74) is 1.03. The normalized spacial score (nSPS) is 14.2. The van der Waals surface area contributed by atoms with Gasteiger partial charge >= 0.3 is 0 Å². The molecule has 4 nitrogen and oxygen atoms in total. The van der Waals surface area contributed by atoms with Crippen molar-refractivity contribution in [3.63, 3.8) is 0 Å². The van der Waals surface area contributed by atoms with Gasteiger partial charge in [-0.15, -0.1) is 0 Å². The summed E-state index contributed by atoms with van der Waals surface area (Å²) in [7, 11) is 0. The van der Waals surface area contributed by atoms with Gasteiger partial charge in [-0.05, 0) is 25.5 Å². The van der Waals surface area contributed by atoms with E-state index in [2.05, 4.69) is 5.32 Å². The van der Waals surface area contributed by atoms with Crippen molar-refractivity contribution >= 4 is 11.6 Å². The Kier molecular flexibility index (Phi) is 8.82. The maximum Gasteiger partial charge on any atom is 0.0897 e. The minimum atomic E-state index is -0.540. The van der Waals surface area contributed by atoms with E-state index >= 15 is 0 Å². The summed E-state index contributed by atoms with van der Waals surface area (Å²) < 4.78 is 10.5. The Morgan fingerprint density at radius 1 is 1.25 bits per heavy atom. The number of aliphatic hydroxyl groups excluding tert-OH is 1. The fourth-order valence-corrected chi connectivity index (χ4v) is 2.09. The van der Waals surface area contributed by atoms with Crippen molar-refractivity contribution in [2.75, 3.05) is 33.0 Å². The standard InChI is InChI=1S/C15H24ClNO3/c1-3-19-8-9-20-11-13(18)10-17-12(2)14-6-4-5-7-15(14)16/h4-7,12-13,17-18H,3,8-11H2,1-2H3/t12-,13?/m1/s1. The lowest BCUT2D eigenvalue weighted by atomic mass is 10.1. The molecule has 1 unspecified atom stereocenters. The third-order valence-corrected chi connectivity index (χ3v) is 3.26. The first-order valence-corrected chi connectivity index (χ1v) is 7.34. The number of halogens is 1. The zero-order valence-corrected chi connectivity index (χ0v) is 12.9. The summed E-state index contributed by atoms with van der Waals surface area (Å²) in [5.74, 6) is 0. The Morgan fingerprint density at radius 3 is 2.65 bits per heavy atom. The van der Waals surface area contributed by atoms with E-state index in [0.29, 0.717) is 33.0 Å². The molecule has 0 fully saturated rings. The van der Waals surface area contributed by atoms with Gasteiger partial charge in [-0.2, -0.15) is 0 Å². The molecule has 2 N–H and O–H groups in total. The van der Waals surface area contributed by atoms with Crippen LogP contribution in [0.25, 0.3) is 0 Å². The summed E-state index contributed by atoms with van der Waals surface area (Å²) in [6, 6.07) is 7.78. The summed E-state index contributed by atoms with van der Waals surface area (Å²) in [4.78, 5) is 0. The molecule has 114 valence electrons. The molecule has 0 aliphatic rings. The number of hydrogen-bond acceptors (Lipinski definition) is 4. The van der Waals surface area contributed by atoms with Crippen LogP contribution in [0.3, 0.4) is 0 Å². The Labute approximate surface area is 126 Å². The second kappa shape index (κ2) is 10.1. The molecular weight excluding hydrogens is 278 g/mol. The lowest BCUT2D eigenvalue weighted by molar-refractivity contribution is 0.00586. The number of ether oxygens (including phenoxy) is 2. The smallest absolute Gasteiger partial charge is 0.0897 e. The highest BCUT2D eigenvalue weighted by atomic mass is 35.5. The lowest BCUT2D eigenvalue weighted by Gasteiger charge is -2.18. The zero-order chi connectivity index (χ0) is 14.8. The second-order valence-electron chi connectivity index (χ2n) is 4.58. The van der Waals surface area contributed by atoms with Crippen molar-refractivity contribution in [2.45, 2.75) is 26.0 Å². The van der Waals surface area contributed by atoms with E-state index in [4.69, 9.17) is 21.1 Å². The van der Waals surface area contributed by atoms with Gasteiger partial charge in [0.05, 0.1) is 25.9 Å². The molecule has 2 atom stereocenters. The van der Waals surface area contributed by atoms with E-state index in [0.717, 1.165) is 10.6 Å². The Balaban J connectivity index is 2.20. The van der Waals surface area contributed by atoms with E-state index in [9.17, 15) is 5.11 Å². The fourth-order valence-electron chi connectivity index (χ4n) is 1.79. The molecule has 0 saturated heterocycles. The number of aliphatic hydroxyl groups is 1. The van der Waals surface area contributed by atoms with Crippen LogP contribution in [0.4, 0.5) is 0 Å². The van der Waals surface area contributed by atoms with Crippen LogP contribution >= 0.6 is 11.6 Å². The first-order valence-electron chi connectivity index (χ1n) is 6.96. The van der Waals surface area contributed by atoms with Crippen molar-refractivity contribution in [3.05, 3.63) is 34.9 Å². The maximum absolute atomic E-state index is 9.81. The molecule has 0 heterocycles. The van der Waals surface area contributed by atoms with E-state index in [1.807, 2.05) is 38.1 Å². The van der Waals surface area contributed by atoms with Crippen LogP contribution in [0.5, 0.6) is 0 Å². The molecule has 0 spiro atoms. The molecule has 20 heavy (non-hydrogen) atoms. The summed E-state index contributed by atoms with van der Waals surface area (Å²) in [5, 5.41) is 13.8. The van der Waals surface area contributed by atoms with Gasteiger partial charge in [-0.3, -0.25) is 0 Å². The molecule has 5 heteroatoms. The number of rotatable bonds is 10. The highest BCUT2D eigenvalue weighted by molar-refractivity contribution is 6.31. The van der Waals surface area contributed by atoms with Gasteiger partial charge in [-0.25, -0.2) is 0 Å². The van der Waals surface area contributed by atoms with E-state index in [1.54, 1.807) is 0 Å². The van der Waals surface area contributed by atoms with E-state index in [-0.39, 0.29) is 6.04 Å². The van der Waals surface area contributed by atoms with Gasteiger partial charge in [0.2, 0.25) is 0 Å². The van der Waals surface area contributed by atoms with Crippen LogP contribution in [0.2, 0.25) is 5.02 Å². The first kappa shape index (κ1) is 17.4.